The highest BCUT2D eigenvalue weighted by Gasteiger charge is 2.28. The van der Waals surface area contributed by atoms with Crippen molar-refractivity contribution in [1.29, 1.82) is 0 Å². The molecular formula is C45H38N6. The monoisotopic (exact) mass is 662 g/mol. The van der Waals surface area contributed by atoms with E-state index >= 15 is 0 Å². The lowest BCUT2D eigenvalue weighted by Crippen LogP contribution is -2.22. The van der Waals surface area contributed by atoms with Gasteiger partial charge in [0.1, 0.15) is 5.82 Å². The van der Waals surface area contributed by atoms with Crippen molar-refractivity contribution in [2.75, 3.05) is 4.90 Å². The van der Waals surface area contributed by atoms with E-state index in [1.807, 2.05) is 30.6 Å². The maximum Gasteiger partial charge on any atom is 0.152 e. The SMILES string of the molecule is C1=CC(c2cc3ccccc3nc2N(Cc2ccc(CNCc3ccccn3)cc2)c2cnccn2)CC2=C1c1ccc3ccccc3c1CC2. The number of rotatable bonds is 9. The molecule has 4 aromatic carbocycles. The Morgan fingerprint density at radius 2 is 1.57 bits per heavy atom. The number of hydrogen-bond acceptors (Lipinski definition) is 6. The third-order valence-corrected chi connectivity index (χ3v) is 10.3. The fraction of sp³-hybridized carbons (Fsp3) is 0.156. The summed E-state index contributed by atoms with van der Waals surface area (Å²) in [6.07, 6.45) is 15.1. The highest BCUT2D eigenvalue weighted by Crippen LogP contribution is 2.46. The molecular weight excluding hydrogens is 625 g/mol. The van der Waals surface area contributed by atoms with Crippen LogP contribution in [0.5, 0.6) is 0 Å². The van der Waals surface area contributed by atoms with Crippen molar-refractivity contribution in [3.63, 3.8) is 0 Å². The van der Waals surface area contributed by atoms with Gasteiger partial charge < -0.3 is 10.2 Å². The van der Waals surface area contributed by atoms with Crippen LogP contribution in [0.4, 0.5) is 11.6 Å². The van der Waals surface area contributed by atoms with Gasteiger partial charge in [0.15, 0.2) is 5.82 Å². The Morgan fingerprint density at radius 1 is 0.725 bits per heavy atom. The number of aromatic nitrogens is 4. The quantitative estimate of drug-likeness (QED) is 0.166. The molecule has 7 aromatic rings. The number of nitrogens with one attached hydrogen (secondary N) is 1. The molecule has 0 saturated carbocycles. The lowest BCUT2D eigenvalue weighted by atomic mass is 9.75. The van der Waals surface area contributed by atoms with Crippen molar-refractivity contribution in [1.82, 2.24) is 25.3 Å². The molecule has 0 amide bonds. The maximum atomic E-state index is 5.38. The average molecular weight is 663 g/mol. The van der Waals surface area contributed by atoms with E-state index in [9.17, 15) is 0 Å². The minimum atomic E-state index is 0.185. The second-order valence-electron chi connectivity index (χ2n) is 13.5. The molecule has 1 unspecified atom stereocenters. The molecule has 3 heterocycles. The van der Waals surface area contributed by atoms with Gasteiger partial charge in [0.05, 0.1) is 24.0 Å². The van der Waals surface area contributed by atoms with Crippen LogP contribution in [0, 0.1) is 0 Å². The zero-order chi connectivity index (χ0) is 34.0. The smallest absolute Gasteiger partial charge is 0.152 e. The van der Waals surface area contributed by atoms with Gasteiger partial charge in [-0.15, -0.1) is 0 Å². The Bertz CT molecular complexity index is 2400. The van der Waals surface area contributed by atoms with Crippen LogP contribution in [0.25, 0.3) is 27.2 Å². The summed E-state index contributed by atoms with van der Waals surface area (Å²) in [6.45, 7) is 2.12. The molecule has 0 spiro atoms. The van der Waals surface area contributed by atoms with E-state index in [1.165, 1.54) is 49.7 Å². The second-order valence-corrected chi connectivity index (χ2v) is 13.5. The molecule has 51 heavy (non-hydrogen) atoms. The molecule has 1 atom stereocenters. The standard InChI is InChI=1S/C45H38N6/c1-3-10-38-33(7-1)16-20-41-39-19-17-35(25-34(39)18-21-40(38)41)42-26-36-8-2-4-11-43(36)50-45(42)51(44-29-46-23-24-49-44)30-32-14-12-31(13-15-32)27-47-28-37-9-5-6-22-48-37/h1-17,19-20,22-24,26,29,35,47H,18,21,25,27-28,30H2. The van der Waals surface area contributed by atoms with Crippen molar-refractivity contribution in [2.24, 2.45) is 0 Å². The highest BCUT2D eigenvalue weighted by molar-refractivity contribution is 5.94. The van der Waals surface area contributed by atoms with Gasteiger partial charge in [-0.3, -0.25) is 9.97 Å². The first-order valence-corrected chi connectivity index (χ1v) is 17.8. The second kappa shape index (κ2) is 13.7. The molecule has 1 N–H and O–H groups in total. The Kier molecular flexibility index (Phi) is 8.36. The molecule has 6 heteroatoms. The Labute approximate surface area is 298 Å². The number of allylic oxidation sites excluding steroid dienone is 4. The van der Waals surface area contributed by atoms with Gasteiger partial charge in [-0.25, -0.2) is 9.97 Å². The first kappa shape index (κ1) is 31.0. The average Bonchev–Trinajstić information content (AvgIpc) is 3.20. The number of para-hydroxylation sites is 1. The van der Waals surface area contributed by atoms with Crippen LogP contribution in [0.2, 0.25) is 0 Å². The Balaban J connectivity index is 1.04. The zero-order valence-electron chi connectivity index (χ0n) is 28.4. The van der Waals surface area contributed by atoms with Gasteiger partial charge >= 0.3 is 0 Å². The van der Waals surface area contributed by atoms with E-state index in [1.54, 1.807) is 12.4 Å². The van der Waals surface area contributed by atoms with Gasteiger partial charge in [-0.1, -0.05) is 103 Å². The number of benzene rings is 4. The van der Waals surface area contributed by atoms with E-state index < -0.39 is 0 Å². The molecule has 6 nitrogen and oxygen atoms in total. The number of aryl methyl sites for hydroxylation is 1. The van der Waals surface area contributed by atoms with Gasteiger partial charge in [0.25, 0.3) is 0 Å². The van der Waals surface area contributed by atoms with Gasteiger partial charge in [-0.2, -0.15) is 0 Å². The summed E-state index contributed by atoms with van der Waals surface area (Å²) in [4.78, 5) is 21.3. The van der Waals surface area contributed by atoms with Crippen LogP contribution in [0.15, 0.2) is 152 Å². The highest BCUT2D eigenvalue weighted by atomic mass is 15.2. The van der Waals surface area contributed by atoms with Crippen LogP contribution < -0.4 is 10.2 Å². The van der Waals surface area contributed by atoms with Gasteiger partial charge in [-0.05, 0) is 82.1 Å². The molecule has 248 valence electrons. The summed E-state index contributed by atoms with van der Waals surface area (Å²) in [5.74, 6) is 1.89. The number of nitrogens with zero attached hydrogens (tertiary/aromatic N) is 5. The fourth-order valence-electron chi connectivity index (χ4n) is 7.73. The number of anilines is 2. The third-order valence-electron chi connectivity index (χ3n) is 10.3. The molecule has 0 saturated heterocycles. The van der Waals surface area contributed by atoms with Crippen molar-refractivity contribution in [3.8, 4) is 0 Å². The molecule has 0 bridgehead atoms. The summed E-state index contributed by atoms with van der Waals surface area (Å²) in [5, 5.41) is 7.36. The fourth-order valence-corrected chi connectivity index (χ4v) is 7.73. The van der Waals surface area contributed by atoms with Crippen LogP contribution in [0.3, 0.4) is 0 Å². The molecule has 9 rings (SSSR count). The summed E-state index contributed by atoms with van der Waals surface area (Å²) in [6, 6.07) is 39.0. The predicted molar refractivity (Wildman–Crippen MR) is 207 cm³/mol. The predicted octanol–water partition coefficient (Wildman–Crippen LogP) is 9.64. The Morgan fingerprint density at radius 3 is 2.43 bits per heavy atom. The van der Waals surface area contributed by atoms with Gasteiger partial charge in [0, 0.05) is 48.5 Å². The van der Waals surface area contributed by atoms with Crippen LogP contribution >= 0.6 is 0 Å². The summed E-state index contributed by atoms with van der Waals surface area (Å²) >= 11 is 0. The lowest BCUT2D eigenvalue weighted by Gasteiger charge is -2.32. The largest absolute Gasteiger partial charge is 0.307 e. The van der Waals surface area contributed by atoms with Crippen molar-refractivity contribution >= 4 is 38.9 Å². The molecule has 2 aliphatic carbocycles. The van der Waals surface area contributed by atoms with Crippen LogP contribution in [-0.4, -0.2) is 19.9 Å². The van der Waals surface area contributed by atoms with Crippen LogP contribution in [0.1, 0.15) is 52.3 Å². The van der Waals surface area contributed by atoms with Crippen molar-refractivity contribution in [3.05, 3.63) is 185 Å². The molecule has 3 aromatic heterocycles. The molecule has 2 aliphatic rings. The summed E-state index contributed by atoms with van der Waals surface area (Å²) in [5.41, 5.74) is 11.4. The van der Waals surface area contributed by atoms with E-state index in [-0.39, 0.29) is 5.92 Å². The minimum Gasteiger partial charge on any atom is -0.307 e. The van der Waals surface area contributed by atoms with Crippen LogP contribution in [-0.2, 0) is 26.1 Å². The van der Waals surface area contributed by atoms with E-state index in [2.05, 4.69) is 123 Å². The number of hydrogen-bond donors (Lipinski definition) is 1. The number of pyridine rings is 2. The summed E-state index contributed by atoms with van der Waals surface area (Å²) < 4.78 is 0. The molecule has 0 fully saturated rings. The zero-order valence-corrected chi connectivity index (χ0v) is 28.4. The molecule has 0 aliphatic heterocycles. The van der Waals surface area contributed by atoms with Gasteiger partial charge in [0.2, 0.25) is 0 Å². The third kappa shape index (κ3) is 6.31. The minimum absolute atomic E-state index is 0.185. The van der Waals surface area contributed by atoms with Crippen molar-refractivity contribution < 1.29 is 0 Å². The van der Waals surface area contributed by atoms with E-state index in [0.717, 1.165) is 60.6 Å². The number of fused-ring (bicyclic) bond motifs is 5. The lowest BCUT2D eigenvalue weighted by molar-refractivity contribution is 0.679. The van der Waals surface area contributed by atoms with Crippen molar-refractivity contribution in [2.45, 2.75) is 44.8 Å². The molecule has 0 radical (unpaired) electrons. The Hall–Kier alpha value is -5.98. The first-order chi connectivity index (χ1) is 25.3. The summed E-state index contributed by atoms with van der Waals surface area (Å²) in [7, 11) is 0. The van der Waals surface area contributed by atoms with E-state index in [0.29, 0.717) is 6.54 Å². The first-order valence-electron chi connectivity index (χ1n) is 17.8. The maximum absolute atomic E-state index is 5.38. The van der Waals surface area contributed by atoms with E-state index in [4.69, 9.17) is 9.97 Å². The topological polar surface area (TPSA) is 66.8 Å². The normalized spacial score (nSPS) is 15.2.